The molecule has 2 aliphatic heterocycles. The van der Waals surface area contributed by atoms with Crippen molar-refractivity contribution >= 4 is 17.6 Å². The normalized spacial score (nSPS) is 17.9. The highest BCUT2D eigenvalue weighted by atomic mass is 19.4. The Balaban J connectivity index is 1.49. The number of nitrogens with zero attached hydrogens (tertiary/aromatic N) is 3. The average Bonchev–Trinajstić information content (AvgIpc) is 3.33. The van der Waals surface area contributed by atoms with Crippen molar-refractivity contribution in [3.63, 3.8) is 0 Å². The highest BCUT2D eigenvalue weighted by molar-refractivity contribution is 5.92. The number of halogens is 3. The second-order valence-corrected chi connectivity index (χ2v) is 9.88. The zero-order chi connectivity index (χ0) is 28.3. The molecule has 3 aromatic rings. The van der Waals surface area contributed by atoms with Crippen LogP contribution in [0.5, 0.6) is 11.5 Å². The Morgan fingerprint density at radius 3 is 2.42 bits per heavy atom. The molecule has 9 nitrogen and oxygen atoms in total. The highest BCUT2D eigenvalue weighted by Crippen LogP contribution is 2.33. The molecule has 0 saturated carbocycles. The van der Waals surface area contributed by atoms with Crippen LogP contribution in [0.1, 0.15) is 47.3 Å². The van der Waals surface area contributed by atoms with Gasteiger partial charge in [-0.2, -0.15) is 13.2 Å². The monoisotopic (exact) mass is 554 g/mol. The summed E-state index contributed by atoms with van der Waals surface area (Å²) >= 11 is 0. The van der Waals surface area contributed by atoms with Gasteiger partial charge in [0.05, 0.1) is 5.56 Å². The summed E-state index contributed by atoms with van der Waals surface area (Å²) in [7, 11) is 0. The molecule has 2 aromatic carbocycles. The number of piperidine rings is 1. The number of amides is 2. The zero-order valence-electron chi connectivity index (χ0n) is 21.6. The lowest BCUT2D eigenvalue weighted by Crippen LogP contribution is -2.30. The van der Waals surface area contributed by atoms with Gasteiger partial charge in [0.1, 0.15) is 29.1 Å². The minimum atomic E-state index is -4.43. The summed E-state index contributed by atoms with van der Waals surface area (Å²) in [6.45, 7) is 2.92. The first-order valence-electron chi connectivity index (χ1n) is 13.1. The minimum absolute atomic E-state index is 0.0000847. The molecule has 1 atom stereocenters. The third-order valence-corrected chi connectivity index (χ3v) is 6.93. The van der Waals surface area contributed by atoms with E-state index in [-0.39, 0.29) is 23.2 Å². The van der Waals surface area contributed by atoms with Crippen LogP contribution in [0, 0.1) is 0 Å². The number of carbonyl (C=O) groups excluding carboxylic acids is 2. The van der Waals surface area contributed by atoms with Gasteiger partial charge >= 0.3 is 6.18 Å². The van der Waals surface area contributed by atoms with Crippen LogP contribution in [-0.4, -0.2) is 52.4 Å². The number of nitrogens with one attached hydrogen (secondary N) is 2. The van der Waals surface area contributed by atoms with Gasteiger partial charge in [-0.1, -0.05) is 6.42 Å². The number of primary amides is 1. The van der Waals surface area contributed by atoms with Crippen molar-refractivity contribution in [3.05, 3.63) is 65.4 Å². The van der Waals surface area contributed by atoms with Gasteiger partial charge in [-0.15, -0.1) is 0 Å². The van der Waals surface area contributed by atoms with E-state index in [1.807, 2.05) is 0 Å². The van der Waals surface area contributed by atoms with Gasteiger partial charge in [0, 0.05) is 24.7 Å². The largest absolute Gasteiger partial charge is 0.457 e. The first-order valence-corrected chi connectivity index (χ1v) is 13.1. The Morgan fingerprint density at radius 1 is 1.05 bits per heavy atom. The third kappa shape index (κ3) is 6.50. The second-order valence-electron chi connectivity index (χ2n) is 9.88. The molecule has 2 fully saturated rings. The summed E-state index contributed by atoms with van der Waals surface area (Å²) in [4.78, 5) is 35.5. The molecule has 12 heteroatoms. The van der Waals surface area contributed by atoms with Crippen molar-refractivity contribution in [1.82, 2.24) is 20.2 Å². The van der Waals surface area contributed by atoms with E-state index < -0.39 is 23.7 Å². The lowest BCUT2D eigenvalue weighted by Gasteiger charge is -2.27. The topological polar surface area (TPSA) is 122 Å². The molecule has 5 rings (SSSR count). The second kappa shape index (κ2) is 11.5. The van der Waals surface area contributed by atoms with Gasteiger partial charge in [0.25, 0.3) is 5.91 Å². The Morgan fingerprint density at radius 2 is 1.77 bits per heavy atom. The smallest absolute Gasteiger partial charge is 0.416 e. The van der Waals surface area contributed by atoms with Gasteiger partial charge < -0.3 is 21.1 Å². The zero-order valence-corrected chi connectivity index (χ0v) is 21.6. The van der Waals surface area contributed by atoms with E-state index in [0.29, 0.717) is 36.6 Å². The molecular weight excluding hydrogens is 525 g/mol. The number of alkyl halides is 3. The van der Waals surface area contributed by atoms with Crippen LogP contribution in [0.15, 0.2) is 48.5 Å². The summed E-state index contributed by atoms with van der Waals surface area (Å²) in [5, 5.41) is 5.82. The minimum Gasteiger partial charge on any atom is -0.457 e. The summed E-state index contributed by atoms with van der Waals surface area (Å²) in [5.74, 6) is 0.361. The fourth-order valence-electron chi connectivity index (χ4n) is 4.87. The fraction of sp³-hybridized carbons (Fsp3) is 0.357. The number of ether oxygens (including phenoxy) is 1. The molecule has 0 radical (unpaired) electrons. The van der Waals surface area contributed by atoms with E-state index in [9.17, 15) is 22.8 Å². The Hall–Kier alpha value is -4.19. The molecule has 40 heavy (non-hydrogen) atoms. The number of anilines is 1. The summed E-state index contributed by atoms with van der Waals surface area (Å²) in [6.07, 6.45) is -0.560. The van der Waals surface area contributed by atoms with Crippen LogP contribution in [-0.2, 0) is 17.5 Å². The van der Waals surface area contributed by atoms with Gasteiger partial charge in [0.2, 0.25) is 5.91 Å². The molecule has 2 aliphatic rings. The Labute approximate surface area is 228 Å². The number of hydrogen-bond donors (Lipinski definition) is 3. The SMILES string of the molecule is NC(=O)c1cc(N[C@H]2CCNC2=O)nc(-c2ccc(Oc3ccc(C(F)(F)F)cc3)cc2CN2CCCCC2)n1. The van der Waals surface area contributed by atoms with E-state index in [1.54, 1.807) is 18.2 Å². The van der Waals surface area contributed by atoms with E-state index in [1.165, 1.54) is 18.2 Å². The van der Waals surface area contributed by atoms with E-state index in [4.69, 9.17) is 10.5 Å². The van der Waals surface area contributed by atoms with Crippen molar-refractivity contribution in [2.24, 2.45) is 5.73 Å². The van der Waals surface area contributed by atoms with Gasteiger partial charge in [-0.3, -0.25) is 14.5 Å². The first-order chi connectivity index (χ1) is 19.2. The molecule has 2 saturated heterocycles. The van der Waals surface area contributed by atoms with Crippen LogP contribution < -0.4 is 21.1 Å². The van der Waals surface area contributed by atoms with E-state index >= 15 is 0 Å². The fourth-order valence-corrected chi connectivity index (χ4v) is 4.87. The van der Waals surface area contributed by atoms with Crippen LogP contribution in [0.4, 0.5) is 19.0 Å². The number of aromatic nitrogens is 2. The van der Waals surface area contributed by atoms with Gasteiger partial charge in [0.15, 0.2) is 5.82 Å². The van der Waals surface area contributed by atoms with E-state index in [0.717, 1.165) is 50.0 Å². The maximum absolute atomic E-state index is 13.0. The highest BCUT2D eigenvalue weighted by Gasteiger charge is 2.30. The number of rotatable bonds is 8. The van der Waals surface area contributed by atoms with Crippen LogP contribution >= 0.6 is 0 Å². The van der Waals surface area contributed by atoms with Crippen molar-refractivity contribution in [1.29, 1.82) is 0 Å². The number of hydrogen-bond acceptors (Lipinski definition) is 7. The molecular formula is C28H29F3N6O3. The summed E-state index contributed by atoms with van der Waals surface area (Å²) in [6, 6.07) is 10.7. The van der Waals surface area contributed by atoms with Crippen LogP contribution in [0.25, 0.3) is 11.4 Å². The molecule has 1 aromatic heterocycles. The lowest BCUT2D eigenvalue weighted by molar-refractivity contribution is -0.137. The van der Waals surface area contributed by atoms with Gasteiger partial charge in [-0.05, 0) is 80.4 Å². The van der Waals surface area contributed by atoms with Crippen molar-refractivity contribution < 1.29 is 27.5 Å². The number of nitrogens with two attached hydrogens (primary N) is 1. The molecule has 4 N–H and O–H groups in total. The van der Waals surface area contributed by atoms with E-state index in [2.05, 4.69) is 25.5 Å². The standard InChI is InChI=1S/C28H29F3N6O3/c29-28(30,31)18-4-6-19(7-5-18)40-20-8-9-21(17(14-20)16-37-12-2-1-3-13-37)26-35-23(25(32)38)15-24(36-26)34-22-10-11-33-27(22)39/h4-9,14-15,22H,1-3,10-13,16H2,(H2,32,38)(H,33,39)(H,34,35,36)/t22-/m0/s1. The van der Waals surface area contributed by atoms with Crippen molar-refractivity contribution in [2.75, 3.05) is 25.0 Å². The van der Waals surface area contributed by atoms with Crippen LogP contribution in [0.3, 0.4) is 0 Å². The molecule has 3 heterocycles. The summed E-state index contributed by atoms with van der Waals surface area (Å²) in [5.41, 5.74) is 6.27. The molecule has 0 aliphatic carbocycles. The van der Waals surface area contributed by atoms with Gasteiger partial charge in [-0.25, -0.2) is 9.97 Å². The predicted molar refractivity (Wildman–Crippen MR) is 142 cm³/mol. The maximum atomic E-state index is 13.0. The molecule has 0 bridgehead atoms. The predicted octanol–water partition coefficient (Wildman–Crippen LogP) is 4.34. The molecule has 0 unspecified atom stereocenters. The van der Waals surface area contributed by atoms with Crippen LogP contribution in [0.2, 0.25) is 0 Å². The number of carbonyl (C=O) groups is 2. The third-order valence-electron chi connectivity index (χ3n) is 6.93. The molecule has 0 spiro atoms. The number of benzene rings is 2. The maximum Gasteiger partial charge on any atom is 0.416 e. The number of likely N-dealkylation sites (tertiary alicyclic amines) is 1. The Bertz CT molecular complexity index is 1390. The quantitative estimate of drug-likeness (QED) is 0.379. The average molecular weight is 555 g/mol. The molecule has 2 amide bonds. The lowest BCUT2D eigenvalue weighted by atomic mass is 10.0. The first kappa shape index (κ1) is 27.4. The van der Waals surface area contributed by atoms with Crippen molar-refractivity contribution in [3.8, 4) is 22.9 Å². The summed E-state index contributed by atoms with van der Waals surface area (Å²) < 4.78 is 44.8. The van der Waals surface area contributed by atoms with Crippen molar-refractivity contribution in [2.45, 2.75) is 44.4 Å². The Kier molecular flexibility index (Phi) is 7.88. The molecule has 210 valence electrons.